The lowest BCUT2D eigenvalue weighted by atomic mass is 9.81. The molecular formula is C14H20ClFN2. The molecule has 0 radical (unpaired) electrons. The first kappa shape index (κ1) is 13.6. The van der Waals surface area contributed by atoms with E-state index in [-0.39, 0.29) is 5.82 Å². The van der Waals surface area contributed by atoms with Crippen molar-refractivity contribution in [2.24, 2.45) is 11.8 Å². The second-order valence-electron chi connectivity index (χ2n) is 5.16. The van der Waals surface area contributed by atoms with Crippen LogP contribution in [0.3, 0.4) is 0 Å². The smallest absolute Gasteiger partial charge is 0.166 e. The van der Waals surface area contributed by atoms with E-state index in [9.17, 15) is 4.39 Å². The molecule has 18 heavy (non-hydrogen) atoms. The number of pyridine rings is 1. The number of aromatic nitrogens is 1. The number of nitrogens with zero attached hydrogens (tertiary/aromatic N) is 1. The van der Waals surface area contributed by atoms with Gasteiger partial charge in [-0.2, -0.15) is 0 Å². The summed E-state index contributed by atoms with van der Waals surface area (Å²) in [7, 11) is 0. The van der Waals surface area contributed by atoms with Gasteiger partial charge in [0, 0.05) is 12.7 Å². The Morgan fingerprint density at radius 2 is 2.00 bits per heavy atom. The summed E-state index contributed by atoms with van der Waals surface area (Å²) in [5, 5.41) is 3.43. The molecule has 2 rings (SSSR count). The molecule has 1 aliphatic rings. The number of hydrogen-bond acceptors (Lipinski definition) is 2. The lowest BCUT2D eigenvalue weighted by Crippen LogP contribution is -2.21. The molecule has 2 nitrogen and oxygen atoms in total. The predicted octanol–water partition coefficient (Wildman–Crippen LogP) is 4.50. The highest BCUT2D eigenvalue weighted by atomic mass is 35.5. The fourth-order valence-corrected chi connectivity index (χ4v) is 2.77. The molecule has 1 fully saturated rings. The van der Waals surface area contributed by atoms with Crippen molar-refractivity contribution in [1.82, 2.24) is 4.98 Å². The van der Waals surface area contributed by atoms with E-state index >= 15 is 0 Å². The van der Waals surface area contributed by atoms with Gasteiger partial charge < -0.3 is 5.32 Å². The van der Waals surface area contributed by atoms with Gasteiger partial charge in [0.25, 0.3) is 0 Å². The first-order chi connectivity index (χ1) is 8.69. The van der Waals surface area contributed by atoms with E-state index in [1.54, 1.807) is 0 Å². The van der Waals surface area contributed by atoms with Gasteiger partial charge in [-0.25, -0.2) is 9.37 Å². The summed E-state index contributed by atoms with van der Waals surface area (Å²) < 4.78 is 13.5. The Morgan fingerprint density at radius 3 is 2.61 bits per heavy atom. The minimum Gasteiger partial charge on any atom is -0.367 e. The minimum atomic E-state index is -0.371. The van der Waals surface area contributed by atoms with Gasteiger partial charge in [0.15, 0.2) is 11.6 Å². The van der Waals surface area contributed by atoms with Crippen LogP contribution in [-0.2, 0) is 0 Å². The van der Waals surface area contributed by atoms with Crippen LogP contribution >= 0.6 is 11.6 Å². The quantitative estimate of drug-likeness (QED) is 0.871. The Morgan fingerprint density at radius 1 is 1.33 bits per heavy atom. The summed E-state index contributed by atoms with van der Waals surface area (Å²) in [6.07, 6.45) is 7.84. The standard InChI is InChI=1S/C14H20ClFN2/c1-2-10-3-5-11(6-4-10)8-17-14-13(16)7-12(15)9-18-14/h7,9-11H,2-6,8H2,1H3,(H,17,18). The molecule has 1 N–H and O–H groups in total. The maximum Gasteiger partial charge on any atom is 0.166 e. The molecule has 1 aromatic heterocycles. The van der Waals surface area contributed by atoms with Crippen LogP contribution in [-0.4, -0.2) is 11.5 Å². The zero-order valence-corrected chi connectivity index (χ0v) is 11.5. The molecule has 0 unspecified atom stereocenters. The Bertz CT molecular complexity index is 389. The van der Waals surface area contributed by atoms with Crippen molar-refractivity contribution >= 4 is 17.4 Å². The van der Waals surface area contributed by atoms with E-state index in [2.05, 4.69) is 17.2 Å². The van der Waals surface area contributed by atoms with E-state index < -0.39 is 0 Å². The molecule has 0 aromatic carbocycles. The second kappa shape index (κ2) is 6.37. The molecule has 0 atom stereocenters. The Hall–Kier alpha value is -0.830. The van der Waals surface area contributed by atoms with Crippen LogP contribution in [0.25, 0.3) is 0 Å². The van der Waals surface area contributed by atoms with Gasteiger partial charge >= 0.3 is 0 Å². The normalized spacial score (nSPS) is 23.9. The minimum absolute atomic E-state index is 0.317. The molecule has 0 spiro atoms. The SMILES string of the molecule is CCC1CCC(CNc2ncc(Cl)cc2F)CC1. The van der Waals surface area contributed by atoms with Crippen LogP contribution < -0.4 is 5.32 Å². The number of hydrogen-bond donors (Lipinski definition) is 1. The van der Waals surface area contributed by atoms with Gasteiger partial charge in [-0.1, -0.05) is 37.8 Å². The molecule has 0 bridgehead atoms. The lowest BCUT2D eigenvalue weighted by molar-refractivity contribution is 0.278. The Kier molecular flexibility index (Phi) is 4.81. The van der Waals surface area contributed by atoms with E-state index in [0.717, 1.165) is 12.5 Å². The Balaban J connectivity index is 1.81. The third kappa shape index (κ3) is 3.58. The molecular weight excluding hydrogens is 251 g/mol. The van der Waals surface area contributed by atoms with Crippen molar-refractivity contribution in [1.29, 1.82) is 0 Å². The molecule has 1 aromatic rings. The zero-order valence-electron chi connectivity index (χ0n) is 10.8. The fourth-order valence-electron chi connectivity index (χ4n) is 2.63. The largest absolute Gasteiger partial charge is 0.367 e. The lowest BCUT2D eigenvalue weighted by Gasteiger charge is -2.28. The van der Waals surface area contributed by atoms with E-state index in [1.165, 1.54) is 44.4 Å². The molecule has 4 heteroatoms. The van der Waals surface area contributed by atoms with Crippen LogP contribution in [0.4, 0.5) is 10.2 Å². The van der Waals surface area contributed by atoms with Crippen molar-refractivity contribution < 1.29 is 4.39 Å². The highest BCUT2D eigenvalue weighted by Gasteiger charge is 2.20. The van der Waals surface area contributed by atoms with Crippen molar-refractivity contribution in [3.63, 3.8) is 0 Å². The van der Waals surface area contributed by atoms with Crippen LogP contribution in [0, 0.1) is 17.7 Å². The second-order valence-corrected chi connectivity index (χ2v) is 5.60. The van der Waals surface area contributed by atoms with Crippen molar-refractivity contribution in [2.45, 2.75) is 39.0 Å². The van der Waals surface area contributed by atoms with Crippen molar-refractivity contribution in [2.75, 3.05) is 11.9 Å². The molecule has 1 heterocycles. The maximum atomic E-state index is 13.5. The Labute approximate surface area is 113 Å². The fraction of sp³-hybridized carbons (Fsp3) is 0.643. The third-order valence-corrected chi connectivity index (χ3v) is 4.12. The van der Waals surface area contributed by atoms with Crippen LogP contribution in [0.5, 0.6) is 0 Å². The van der Waals surface area contributed by atoms with Gasteiger partial charge in [-0.15, -0.1) is 0 Å². The summed E-state index contributed by atoms with van der Waals surface area (Å²) in [5.41, 5.74) is 0. The van der Waals surface area contributed by atoms with Crippen LogP contribution in [0.15, 0.2) is 12.3 Å². The summed E-state index contributed by atoms with van der Waals surface area (Å²) in [6.45, 7) is 3.07. The molecule has 0 saturated heterocycles. The first-order valence-electron chi connectivity index (χ1n) is 6.74. The maximum absolute atomic E-state index is 13.5. The summed E-state index contributed by atoms with van der Waals surface area (Å²) in [6, 6.07) is 1.30. The third-order valence-electron chi connectivity index (χ3n) is 3.91. The summed E-state index contributed by atoms with van der Waals surface area (Å²) in [5.74, 6) is 1.48. The van der Waals surface area contributed by atoms with Gasteiger partial charge in [0.1, 0.15) is 0 Å². The topological polar surface area (TPSA) is 24.9 Å². The van der Waals surface area contributed by atoms with E-state index in [1.807, 2.05) is 0 Å². The van der Waals surface area contributed by atoms with Crippen molar-refractivity contribution in [3.8, 4) is 0 Å². The first-order valence-corrected chi connectivity index (χ1v) is 7.11. The molecule has 0 aliphatic heterocycles. The number of anilines is 1. The van der Waals surface area contributed by atoms with Gasteiger partial charge in [0.2, 0.25) is 0 Å². The zero-order chi connectivity index (χ0) is 13.0. The summed E-state index contributed by atoms with van der Waals surface area (Å²) in [4.78, 5) is 3.98. The molecule has 0 amide bonds. The molecule has 100 valence electrons. The predicted molar refractivity (Wildman–Crippen MR) is 73.4 cm³/mol. The van der Waals surface area contributed by atoms with Gasteiger partial charge in [-0.3, -0.25) is 0 Å². The van der Waals surface area contributed by atoms with Crippen LogP contribution in [0.2, 0.25) is 5.02 Å². The molecule has 1 saturated carbocycles. The highest BCUT2D eigenvalue weighted by Crippen LogP contribution is 2.30. The van der Waals surface area contributed by atoms with Gasteiger partial charge in [-0.05, 0) is 30.7 Å². The highest BCUT2D eigenvalue weighted by molar-refractivity contribution is 6.30. The average molecular weight is 271 g/mol. The summed E-state index contributed by atoms with van der Waals surface area (Å²) >= 11 is 5.67. The number of halogens is 2. The van der Waals surface area contributed by atoms with Gasteiger partial charge in [0.05, 0.1) is 5.02 Å². The monoisotopic (exact) mass is 270 g/mol. The van der Waals surface area contributed by atoms with Crippen LogP contribution in [0.1, 0.15) is 39.0 Å². The molecule has 1 aliphatic carbocycles. The number of rotatable bonds is 4. The van der Waals surface area contributed by atoms with E-state index in [0.29, 0.717) is 16.8 Å². The van der Waals surface area contributed by atoms with Crippen molar-refractivity contribution in [3.05, 3.63) is 23.1 Å². The average Bonchev–Trinajstić information content (AvgIpc) is 2.38. The number of nitrogens with one attached hydrogen (secondary N) is 1. The van der Waals surface area contributed by atoms with E-state index in [4.69, 9.17) is 11.6 Å².